The Labute approximate surface area is 55.9 Å². The number of hydrogen-bond acceptors (Lipinski definition) is 2. The fourth-order valence-electron chi connectivity index (χ4n) is 0.101. The van der Waals surface area contributed by atoms with Gasteiger partial charge < -0.3 is 10.8 Å². The first-order valence-corrected chi connectivity index (χ1v) is 3.11. The molecule has 0 rings (SSSR count). The smallest absolute Gasteiger partial charge is 0.307 e. The molecule has 56 valence electrons. The standard InChI is InChI=1S/C4H9NO2.C2H6/c1-3(2-5)4(6)7;1-2/h3H,2,5H2,1H3,(H,6,7);1-2H3. The van der Waals surface area contributed by atoms with Crippen LogP contribution in [0.25, 0.3) is 0 Å². The molecule has 0 heterocycles. The Balaban J connectivity index is 0. The van der Waals surface area contributed by atoms with E-state index >= 15 is 0 Å². The van der Waals surface area contributed by atoms with Crippen LogP contribution in [0.1, 0.15) is 20.8 Å². The summed E-state index contributed by atoms with van der Waals surface area (Å²) in [6.07, 6.45) is 0. The minimum absolute atomic E-state index is 0.218. The molecule has 0 amide bonds. The van der Waals surface area contributed by atoms with Gasteiger partial charge in [0.1, 0.15) is 0 Å². The molecule has 0 spiro atoms. The van der Waals surface area contributed by atoms with E-state index in [4.69, 9.17) is 10.8 Å². The summed E-state index contributed by atoms with van der Waals surface area (Å²) in [7, 11) is 0. The van der Waals surface area contributed by atoms with Crippen LogP contribution in [-0.2, 0) is 4.79 Å². The highest BCUT2D eigenvalue weighted by atomic mass is 16.4. The zero-order valence-electron chi connectivity index (χ0n) is 6.22. The van der Waals surface area contributed by atoms with Gasteiger partial charge in [0.25, 0.3) is 0 Å². The van der Waals surface area contributed by atoms with Gasteiger partial charge in [-0.15, -0.1) is 0 Å². The number of nitrogens with two attached hydrogens (primary N) is 1. The molecule has 0 aromatic carbocycles. The predicted octanol–water partition coefficient (Wildman–Crippen LogP) is 0.692. The molecule has 0 aliphatic rings. The van der Waals surface area contributed by atoms with Gasteiger partial charge in [0.2, 0.25) is 0 Å². The Morgan fingerprint density at radius 2 is 2.00 bits per heavy atom. The van der Waals surface area contributed by atoms with Crippen molar-refractivity contribution in [2.45, 2.75) is 20.8 Å². The molecule has 1 atom stereocenters. The highest BCUT2D eigenvalue weighted by Gasteiger charge is 2.05. The molecule has 3 heteroatoms. The number of hydrogen-bond donors (Lipinski definition) is 2. The first-order valence-electron chi connectivity index (χ1n) is 3.11. The highest BCUT2D eigenvalue weighted by Crippen LogP contribution is 1.87. The maximum absolute atomic E-state index is 9.85. The van der Waals surface area contributed by atoms with Crippen molar-refractivity contribution in [2.75, 3.05) is 6.54 Å². The molecular formula is C6H15NO2. The fourth-order valence-corrected chi connectivity index (χ4v) is 0.101. The first kappa shape index (κ1) is 11.3. The van der Waals surface area contributed by atoms with Crippen molar-refractivity contribution < 1.29 is 9.90 Å². The second-order valence-electron chi connectivity index (χ2n) is 1.47. The lowest BCUT2D eigenvalue weighted by molar-refractivity contribution is -0.140. The SMILES string of the molecule is CC.CC(CN)C(=O)O. The van der Waals surface area contributed by atoms with Gasteiger partial charge in [0.15, 0.2) is 0 Å². The van der Waals surface area contributed by atoms with Gasteiger partial charge in [-0.05, 0) is 0 Å². The maximum atomic E-state index is 9.85. The quantitative estimate of drug-likeness (QED) is 0.582. The highest BCUT2D eigenvalue weighted by molar-refractivity contribution is 5.69. The topological polar surface area (TPSA) is 63.3 Å². The molecule has 0 aliphatic heterocycles. The summed E-state index contributed by atoms with van der Waals surface area (Å²) in [6, 6.07) is 0. The zero-order chi connectivity index (χ0) is 7.86. The van der Waals surface area contributed by atoms with E-state index in [2.05, 4.69) is 0 Å². The predicted molar refractivity (Wildman–Crippen MR) is 37.2 cm³/mol. The van der Waals surface area contributed by atoms with Crippen LogP contribution in [0.2, 0.25) is 0 Å². The van der Waals surface area contributed by atoms with Crippen LogP contribution < -0.4 is 5.73 Å². The van der Waals surface area contributed by atoms with E-state index in [1.54, 1.807) is 6.92 Å². The molecular weight excluding hydrogens is 118 g/mol. The maximum Gasteiger partial charge on any atom is 0.307 e. The van der Waals surface area contributed by atoms with Crippen molar-refractivity contribution in [1.82, 2.24) is 0 Å². The summed E-state index contributed by atoms with van der Waals surface area (Å²) in [4.78, 5) is 9.85. The van der Waals surface area contributed by atoms with Gasteiger partial charge in [0, 0.05) is 6.54 Å². The van der Waals surface area contributed by atoms with Crippen LogP contribution in [-0.4, -0.2) is 17.6 Å². The molecule has 0 aliphatic carbocycles. The Hall–Kier alpha value is -0.570. The molecule has 0 saturated carbocycles. The second kappa shape index (κ2) is 7.43. The zero-order valence-corrected chi connectivity index (χ0v) is 6.22. The van der Waals surface area contributed by atoms with E-state index in [1.807, 2.05) is 13.8 Å². The molecule has 9 heavy (non-hydrogen) atoms. The number of rotatable bonds is 2. The minimum atomic E-state index is -0.831. The van der Waals surface area contributed by atoms with Crippen molar-refractivity contribution in [3.63, 3.8) is 0 Å². The third kappa shape index (κ3) is 7.43. The molecule has 0 radical (unpaired) electrons. The molecule has 0 aromatic heterocycles. The Bertz CT molecular complexity index is 73.5. The number of carboxylic acids is 1. The molecule has 0 fully saturated rings. The lowest BCUT2D eigenvalue weighted by atomic mass is 10.2. The van der Waals surface area contributed by atoms with Crippen molar-refractivity contribution in [1.29, 1.82) is 0 Å². The second-order valence-corrected chi connectivity index (χ2v) is 1.47. The van der Waals surface area contributed by atoms with Crippen LogP contribution >= 0.6 is 0 Å². The largest absolute Gasteiger partial charge is 0.481 e. The van der Waals surface area contributed by atoms with E-state index < -0.39 is 11.9 Å². The van der Waals surface area contributed by atoms with Gasteiger partial charge in [0.05, 0.1) is 5.92 Å². The van der Waals surface area contributed by atoms with Gasteiger partial charge in [-0.3, -0.25) is 4.79 Å². The molecule has 3 nitrogen and oxygen atoms in total. The third-order valence-corrected chi connectivity index (χ3v) is 0.775. The lowest BCUT2D eigenvalue weighted by Crippen LogP contribution is -2.19. The van der Waals surface area contributed by atoms with E-state index in [9.17, 15) is 4.79 Å². The lowest BCUT2D eigenvalue weighted by Gasteiger charge is -1.96. The van der Waals surface area contributed by atoms with Gasteiger partial charge >= 0.3 is 5.97 Å². The van der Waals surface area contributed by atoms with Crippen LogP contribution in [0.4, 0.5) is 0 Å². The summed E-state index contributed by atoms with van der Waals surface area (Å²) >= 11 is 0. The summed E-state index contributed by atoms with van der Waals surface area (Å²) < 4.78 is 0. The normalized spacial score (nSPS) is 11.1. The molecule has 1 unspecified atom stereocenters. The van der Waals surface area contributed by atoms with E-state index in [1.165, 1.54) is 0 Å². The average Bonchev–Trinajstić information content (AvgIpc) is 1.91. The van der Waals surface area contributed by atoms with Gasteiger partial charge in [-0.25, -0.2) is 0 Å². The number of carboxylic acid groups (broad SMARTS) is 1. The van der Waals surface area contributed by atoms with Crippen LogP contribution in [0.3, 0.4) is 0 Å². The number of carbonyl (C=O) groups is 1. The van der Waals surface area contributed by atoms with E-state index in [-0.39, 0.29) is 6.54 Å². The summed E-state index contributed by atoms with van der Waals surface area (Å²) in [5.41, 5.74) is 4.99. The average molecular weight is 133 g/mol. The van der Waals surface area contributed by atoms with Crippen molar-refractivity contribution >= 4 is 5.97 Å². The van der Waals surface area contributed by atoms with Gasteiger partial charge in [-0.2, -0.15) is 0 Å². The molecule has 0 bridgehead atoms. The molecule has 0 aromatic rings. The summed E-state index contributed by atoms with van der Waals surface area (Å²) in [6.45, 7) is 5.79. The van der Waals surface area contributed by atoms with Crippen molar-refractivity contribution in [2.24, 2.45) is 11.7 Å². The fraction of sp³-hybridized carbons (Fsp3) is 0.833. The summed E-state index contributed by atoms with van der Waals surface area (Å²) in [5, 5.41) is 8.10. The summed E-state index contributed by atoms with van der Waals surface area (Å²) in [5.74, 6) is -1.23. The van der Waals surface area contributed by atoms with Crippen LogP contribution in [0.5, 0.6) is 0 Å². The van der Waals surface area contributed by atoms with Gasteiger partial charge in [-0.1, -0.05) is 20.8 Å². The monoisotopic (exact) mass is 133 g/mol. The van der Waals surface area contributed by atoms with Crippen molar-refractivity contribution in [3.05, 3.63) is 0 Å². The van der Waals surface area contributed by atoms with Crippen LogP contribution in [0.15, 0.2) is 0 Å². The number of aliphatic carboxylic acids is 1. The van der Waals surface area contributed by atoms with E-state index in [0.717, 1.165) is 0 Å². The molecule has 3 N–H and O–H groups in total. The van der Waals surface area contributed by atoms with Crippen LogP contribution in [0, 0.1) is 5.92 Å². The Morgan fingerprint density at radius 3 is 2.00 bits per heavy atom. The van der Waals surface area contributed by atoms with E-state index in [0.29, 0.717) is 0 Å². The Morgan fingerprint density at radius 1 is 1.67 bits per heavy atom. The Kier molecular flexibility index (Phi) is 9.29. The molecule has 0 saturated heterocycles. The third-order valence-electron chi connectivity index (χ3n) is 0.775. The van der Waals surface area contributed by atoms with Crippen molar-refractivity contribution in [3.8, 4) is 0 Å². The first-order chi connectivity index (χ1) is 4.18. The minimum Gasteiger partial charge on any atom is -0.481 e.